The summed E-state index contributed by atoms with van der Waals surface area (Å²) in [5.41, 5.74) is 1.04. The fraction of sp³-hybridized carbons (Fsp3) is 0.333. The molecule has 0 saturated heterocycles. The van der Waals surface area contributed by atoms with Crippen LogP contribution in [0.4, 0.5) is 16.0 Å². The average molecular weight is 306 g/mol. The molecule has 0 bridgehead atoms. The van der Waals surface area contributed by atoms with Crippen molar-refractivity contribution in [1.82, 2.24) is 9.97 Å². The smallest absolute Gasteiger partial charge is 0.191 e. The zero-order valence-corrected chi connectivity index (χ0v) is 13.2. The SMILES string of the molecule is CCNc1cc(N(C)Cc2ccc(F)cc2)nc(SC)n1. The van der Waals surface area contributed by atoms with Crippen LogP contribution in [0, 0.1) is 5.82 Å². The van der Waals surface area contributed by atoms with E-state index in [0.717, 1.165) is 28.9 Å². The van der Waals surface area contributed by atoms with Gasteiger partial charge in [-0.1, -0.05) is 23.9 Å². The summed E-state index contributed by atoms with van der Waals surface area (Å²) in [5.74, 6) is 1.44. The molecular weight excluding hydrogens is 287 g/mol. The van der Waals surface area contributed by atoms with Crippen LogP contribution in [-0.4, -0.2) is 29.8 Å². The molecule has 2 rings (SSSR count). The third-order valence-corrected chi connectivity index (χ3v) is 3.50. The highest BCUT2D eigenvalue weighted by Gasteiger charge is 2.08. The number of hydrogen-bond donors (Lipinski definition) is 1. The molecule has 0 spiro atoms. The molecule has 4 nitrogen and oxygen atoms in total. The second-order valence-electron chi connectivity index (χ2n) is 4.61. The number of halogens is 1. The van der Waals surface area contributed by atoms with Gasteiger partial charge in [-0.3, -0.25) is 0 Å². The van der Waals surface area contributed by atoms with Gasteiger partial charge in [0.25, 0.3) is 0 Å². The Hall–Kier alpha value is -1.82. The summed E-state index contributed by atoms with van der Waals surface area (Å²) in [4.78, 5) is 10.9. The van der Waals surface area contributed by atoms with Gasteiger partial charge in [-0.15, -0.1) is 0 Å². The van der Waals surface area contributed by atoms with Crippen LogP contribution in [0.15, 0.2) is 35.5 Å². The minimum absolute atomic E-state index is 0.220. The number of hydrogen-bond acceptors (Lipinski definition) is 5. The van der Waals surface area contributed by atoms with Crippen molar-refractivity contribution in [3.05, 3.63) is 41.7 Å². The maximum absolute atomic E-state index is 12.9. The molecule has 1 aromatic heterocycles. The normalized spacial score (nSPS) is 10.5. The highest BCUT2D eigenvalue weighted by Crippen LogP contribution is 2.21. The molecule has 0 aliphatic carbocycles. The van der Waals surface area contributed by atoms with Crippen LogP contribution >= 0.6 is 11.8 Å². The molecule has 0 aliphatic heterocycles. The van der Waals surface area contributed by atoms with Crippen molar-refractivity contribution >= 4 is 23.4 Å². The third-order valence-electron chi connectivity index (χ3n) is 2.96. The van der Waals surface area contributed by atoms with Gasteiger partial charge in [-0.25, -0.2) is 14.4 Å². The molecule has 0 saturated carbocycles. The van der Waals surface area contributed by atoms with Crippen LogP contribution in [0.1, 0.15) is 12.5 Å². The fourth-order valence-corrected chi connectivity index (χ4v) is 2.29. The Kier molecular flexibility index (Phi) is 5.38. The van der Waals surface area contributed by atoms with E-state index in [-0.39, 0.29) is 5.82 Å². The maximum Gasteiger partial charge on any atom is 0.191 e. The lowest BCUT2D eigenvalue weighted by atomic mass is 10.2. The lowest BCUT2D eigenvalue weighted by Gasteiger charge is -2.19. The summed E-state index contributed by atoms with van der Waals surface area (Å²) in [6.45, 7) is 3.51. The molecule has 0 aliphatic rings. The van der Waals surface area contributed by atoms with Crippen molar-refractivity contribution in [2.45, 2.75) is 18.6 Å². The number of thioether (sulfide) groups is 1. The Morgan fingerprint density at radius 2 is 1.95 bits per heavy atom. The third kappa shape index (κ3) is 4.32. The second-order valence-corrected chi connectivity index (χ2v) is 5.38. The van der Waals surface area contributed by atoms with E-state index < -0.39 is 0 Å². The van der Waals surface area contributed by atoms with Crippen LogP contribution in [0.3, 0.4) is 0 Å². The minimum Gasteiger partial charge on any atom is -0.370 e. The van der Waals surface area contributed by atoms with Crippen LogP contribution in [0.5, 0.6) is 0 Å². The Morgan fingerprint density at radius 3 is 2.57 bits per heavy atom. The maximum atomic E-state index is 12.9. The van der Waals surface area contributed by atoms with Gasteiger partial charge in [0.1, 0.15) is 17.5 Å². The molecule has 0 unspecified atom stereocenters. The van der Waals surface area contributed by atoms with Gasteiger partial charge in [0.15, 0.2) is 5.16 Å². The largest absolute Gasteiger partial charge is 0.370 e. The summed E-state index contributed by atoms with van der Waals surface area (Å²) < 4.78 is 12.9. The molecule has 21 heavy (non-hydrogen) atoms. The number of aromatic nitrogens is 2. The summed E-state index contributed by atoms with van der Waals surface area (Å²) >= 11 is 1.51. The first-order chi connectivity index (χ1) is 10.1. The molecular formula is C15H19FN4S. The Labute approximate surface area is 128 Å². The number of benzene rings is 1. The summed E-state index contributed by atoms with van der Waals surface area (Å²) in [6.07, 6.45) is 1.95. The van der Waals surface area contributed by atoms with Crippen LogP contribution < -0.4 is 10.2 Å². The zero-order valence-electron chi connectivity index (χ0n) is 12.4. The predicted octanol–water partition coefficient (Wildman–Crippen LogP) is 3.41. The number of nitrogens with one attached hydrogen (secondary N) is 1. The molecule has 1 N–H and O–H groups in total. The molecule has 6 heteroatoms. The first-order valence-electron chi connectivity index (χ1n) is 6.75. The second kappa shape index (κ2) is 7.26. The van der Waals surface area contributed by atoms with E-state index in [1.165, 1.54) is 23.9 Å². The van der Waals surface area contributed by atoms with E-state index in [4.69, 9.17) is 0 Å². The van der Waals surface area contributed by atoms with E-state index >= 15 is 0 Å². The Bertz CT molecular complexity index is 589. The van der Waals surface area contributed by atoms with Gasteiger partial charge in [0, 0.05) is 26.2 Å². The van der Waals surface area contributed by atoms with Gasteiger partial charge < -0.3 is 10.2 Å². The Morgan fingerprint density at radius 1 is 1.24 bits per heavy atom. The fourth-order valence-electron chi connectivity index (χ4n) is 1.92. The highest BCUT2D eigenvalue weighted by molar-refractivity contribution is 7.98. The first-order valence-corrected chi connectivity index (χ1v) is 7.97. The summed E-state index contributed by atoms with van der Waals surface area (Å²) in [5, 5.41) is 3.94. The molecule has 1 heterocycles. The topological polar surface area (TPSA) is 41.0 Å². The minimum atomic E-state index is -0.220. The quantitative estimate of drug-likeness (QED) is 0.654. The van der Waals surface area contributed by atoms with Crippen LogP contribution in [-0.2, 0) is 6.54 Å². The molecule has 0 atom stereocenters. The van der Waals surface area contributed by atoms with Gasteiger partial charge >= 0.3 is 0 Å². The van der Waals surface area contributed by atoms with Crippen molar-refractivity contribution < 1.29 is 4.39 Å². The van der Waals surface area contributed by atoms with E-state index in [0.29, 0.717) is 6.54 Å². The van der Waals surface area contributed by atoms with Crippen molar-refractivity contribution in [1.29, 1.82) is 0 Å². The summed E-state index contributed by atoms with van der Waals surface area (Å²) in [6, 6.07) is 8.44. The average Bonchev–Trinajstić information content (AvgIpc) is 2.49. The van der Waals surface area contributed by atoms with E-state index in [2.05, 4.69) is 15.3 Å². The first kappa shape index (κ1) is 15.6. The van der Waals surface area contributed by atoms with E-state index in [1.807, 2.05) is 31.2 Å². The van der Waals surface area contributed by atoms with E-state index in [9.17, 15) is 4.39 Å². The summed E-state index contributed by atoms with van der Waals surface area (Å²) in [7, 11) is 1.96. The number of anilines is 2. The van der Waals surface area contributed by atoms with Gasteiger partial charge in [-0.2, -0.15) is 0 Å². The number of nitrogens with zero attached hydrogens (tertiary/aromatic N) is 3. The lowest BCUT2D eigenvalue weighted by molar-refractivity contribution is 0.627. The molecule has 0 fully saturated rings. The monoisotopic (exact) mass is 306 g/mol. The van der Waals surface area contributed by atoms with Crippen LogP contribution in [0.25, 0.3) is 0 Å². The highest BCUT2D eigenvalue weighted by atomic mass is 32.2. The molecule has 112 valence electrons. The van der Waals surface area contributed by atoms with Crippen molar-refractivity contribution in [2.75, 3.05) is 30.1 Å². The zero-order chi connectivity index (χ0) is 15.2. The van der Waals surface area contributed by atoms with Crippen molar-refractivity contribution in [3.8, 4) is 0 Å². The molecule has 2 aromatic rings. The lowest BCUT2D eigenvalue weighted by Crippen LogP contribution is -2.18. The van der Waals surface area contributed by atoms with Crippen LogP contribution in [0.2, 0.25) is 0 Å². The van der Waals surface area contributed by atoms with Crippen molar-refractivity contribution in [3.63, 3.8) is 0 Å². The Balaban J connectivity index is 2.19. The molecule has 0 radical (unpaired) electrons. The predicted molar refractivity (Wildman–Crippen MR) is 86.5 cm³/mol. The van der Waals surface area contributed by atoms with Gasteiger partial charge in [0.05, 0.1) is 0 Å². The van der Waals surface area contributed by atoms with E-state index in [1.54, 1.807) is 12.1 Å². The number of rotatable bonds is 6. The molecule has 0 amide bonds. The van der Waals surface area contributed by atoms with Gasteiger partial charge in [-0.05, 0) is 30.9 Å². The van der Waals surface area contributed by atoms with Gasteiger partial charge in [0.2, 0.25) is 0 Å². The standard InChI is InChI=1S/C15H19FN4S/c1-4-17-13-9-14(19-15(18-13)21-3)20(2)10-11-5-7-12(16)8-6-11/h5-9H,4,10H2,1-3H3,(H,17,18,19). The molecule has 1 aromatic carbocycles. The van der Waals surface area contributed by atoms with Crippen molar-refractivity contribution in [2.24, 2.45) is 0 Å².